The molecule has 0 saturated carbocycles. The highest BCUT2D eigenvalue weighted by atomic mass is 16.6. The molecule has 10 heavy (non-hydrogen) atoms. The summed E-state index contributed by atoms with van der Waals surface area (Å²) in [5, 5.41) is 11.9. The predicted octanol–water partition coefficient (Wildman–Crippen LogP) is 0.685. The summed E-state index contributed by atoms with van der Waals surface area (Å²) in [5.41, 5.74) is 0. The number of aliphatic hydroxyl groups excluding tert-OH is 1. The zero-order valence-electron chi connectivity index (χ0n) is 7.09. The fourth-order valence-electron chi connectivity index (χ4n) is 0.804. The number of nitrogens with one attached hydrogen (secondary N) is 1. The Labute approximate surface area is 62.4 Å². The highest BCUT2D eigenvalue weighted by molar-refractivity contribution is 4.53. The van der Waals surface area contributed by atoms with Gasteiger partial charge in [0, 0.05) is 6.04 Å². The van der Waals surface area contributed by atoms with Gasteiger partial charge < -0.3 is 9.84 Å². The van der Waals surface area contributed by atoms with E-state index in [4.69, 9.17) is 9.84 Å². The molecule has 0 aliphatic rings. The Morgan fingerprint density at radius 1 is 1.20 bits per heavy atom. The monoisotopic (exact) mass is 147 g/mol. The minimum Gasteiger partial charge on any atom is -0.368 e. The molecule has 0 bridgehead atoms. The standard InChI is InChI=1S/C7H17NO2/c1-5(2)8-6(3)10-7(4)9/h5-9H,1-4H3. The van der Waals surface area contributed by atoms with Gasteiger partial charge in [-0.1, -0.05) is 0 Å². The fourth-order valence-corrected chi connectivity index (χ4v) is 0.804. The van der Waals surface area contributed by atoms with E-state index in [1.54, 1.807) is 6.92 Å². The van der Waals surface area contributed by atoms with E-state index in [-0.39, 0.29) is 6.23 Å². The van der Waals surface area contributed by atoms with Crippen molar-refractivity contribution in [2.45, 2.75) is 46.3 Å². The molecule has 0 aromatic carbocycles. The summed E-state index contributed by atoms with van der Waals surface area (Å²) in [5.74, 6) is 0. The second-order valence-corrected chi connectivity index (χ2v) is 2.70. The summed E-state index contributed by atoms with van der Waals surface area (Å²) < 4.78 is 5.01. The van der Waals surface area contributed by atoms with Gasteiger partial charge >= 0.3 is 0 Å². The van der Waals surface area contributed by atoms with Crippen LogP contribution < -0.4 is 5.32 Å². The predicted molar refractivity (Wildman–Crippen MR) is 40.5 cm³/mol. The van der Waals surface area contributed by atoms with E-state index in [9.17, 15) is 0 Å². The van der Waals surface area contributed by atoms with E-state index in [0.717, 1.165) is 0 Å². The molecule has 0 rings (SSSR count). The number of hydrogen-bond acceptors (Lipinski definition) is 3. The smallest absolute Gasteiger partial charge is 0.153 e. The van der Waals surface area contributed by atoms with Crippen LogP contribution in [-0.2, 0) is 4.74 Å². The quantitative estimate of drug-likeness (QED) is 0.575. The zero-order chi connectivity index (χ0) is 8.15. The zero-order valence-corrected chi connectivity index (χ0v) is 7.09. The molecule has 0 saturated heterocycles. The first kappa shape index (κ1) is 9.88. The molecule has 0 aromatic heterocycles. The molecule has 0 heterocycles. The third-order valence-electron chi connectivity index (χ3n) is 0.969. The average Bonchev–Trinajstić information content (AvgIpc) is 1.58. The van der Waals surface area contributed by atoms with E-state index >= 15 is 0 Å². The van der Waals surface area contributed by atoms with Crippen LogP contribution in [0.2, 0.25) is 0 Å². The second kappa shape index (κ2) is 4.66. The van der Waals surface area contributed by atoms with Gasteiger partial charge in [0.2, 0.25) is 0 Å². The first-order chi connectivity index (χ1) is 4.52. The number of aliphatic hydroxyl groups is 1. The van der Waals surface area contributed by atoms with E-state index in [1.807, 2.05) is 20.8 Å². The number of rotatable bonds is 4. The molecule has 0 spiro atoms. The van der Waals surface area contributed by atoms with E-state index in [1.165, 1.54) is 0 Å². The second-order valence-electron chi connectivity index (χ2n) is 2.70. The lowest BCUT2D eigenvalue weighted by atomic mass is 10.4. The lowest BCUT2D eigenvalue weighted by Gasteiger charge is -2.18. The molecule has 3 nitrogen and oxygen atoms in total. The van der Waals surface area contributed by atoms with Crippen LogP contribution in [0.25, 0.3) is 0 Å². The third kappa shape index (κ3) is 6.01. The maximum absolute atomic E-state index is 8.77. The summed E-state index contributed by atoms with van der Waals surface area (Å²) in [6, 6.07) is 0.383. The maximum atomic E-state index is 8.77. The van der Waals surface area contributed by atoms with Crippen molar-refractivity contribution in [1.82, 2.24) is 5.32 Å². The van der Waals surface area contributed by atoms with Crippen LogP contribution >= 0.6 is 0 Å². The molecule has 62 valence electrons. The van der Waals surface area contributed by atoms with Gasteiger partial charge in [-0.25, -0.2) is 0 Å². The van der Waals surface area contributed by atoms with Crippen LogP contribution in [-0.4, -0.2) is 23.7 Å². The summed E-state index contributed by atoms with van der Waals surface area (Å²) in [6.45, 7) is 7.52. The van der Waals surface area contributed by atoms with Crippen LogP contribution in [0.5, 0.6) is 0 Å². The van der Waals surface area contributed by atoms with Crippen LogP contribution in [0.1, 0.15) is 27.7 Å². The van der Waals surface area contributed by atoms with Crippen molar-refractivity contribution in [1.29, 1.82) is 0 Å². The molecule has 0 aliphatic heterocycles. The minimum atomic E-state index is -0.693. The third-order valence-corrected chi connectivity index (χ3v) is 0.969. The van der Waals surface area contributed by atoms with Gasteiger partial charge in [-0.05, 0) is 27.7 Å². The van der Waals surface area contributed by atoms with Crippen molar-refractivity contribution in [3.63, 3.8) is 0 Å². The van der Waals surface area contributed by atoms with Gasteiger partial charge in [0.25, 0.3) is 0 Å². The molecule has 0 amide bonds. The number of ether oxygens (including phenoxy) is 1. The van der Waals surface area contributed by atoms with Gasteiger partial charge in [0.1, 0.15) is 6.23 Å². The lowest BCUT2D eigenvalue weighted by molar-refractivity contribution is -0.129. The Kier molecular flexibility index (Phi) is 4.60. The highest BCUT2D eigenvalue weighted by Crippen LogP contribution is 1.92. The van der Waals surface area contributed by atoms with Crippen molar-refractivity contribution in [2.75, 3.05) is 0 Å². The molecule has 0 fully saturated rings. The molecule has 0 radical (unpaired) electrons. The summed E-state index contributed by atoms with van der Waals surface area (Å²) >= 11 is 0. The van der Waals surface area contributed by atoms with Gasteiger partial charge in [-0.15, -0.1) is 0 Å². The van der Waals surface area contributed by atoms with Gasteiger partial charge in [-0.2, -0.15) is 0 Å². The first-order valence-corrected chi connectivity index (χ1v) is 3.62. The topological polar surface area (TPSA) is 41.5 Å². The molecule has 2 atom stereocenters. The first-order valence-electron chi connectivity index (χ1n) is 3.62. The Morgan fingerprint density at radius 3 is 2.00 bits per heavy atom. The summed E-state index contributed by atoms with van der Waals surface area (Å²) in [7, 11) is 0. The molecule has 3 heteroatoms. The van der Waals surface area contributed by atoms with Crippen molar-refractivity contribution in [2.24, 2.45) is 0 Å². The summed E-state index contributed by atoms with van der Waals surface area (Å²) in [4.78, 5) is 0. The number of hydrogen-bond donors (Lipinski definition) is 2. The van der Waals surface area contributed by atoms with Crippen LogP contribution in [0.3, 0.4) is 0 Å². The molecular weight excluding hydrogens is 130 g/mol. The minimum absolute atomic E-state index is 0.0833. The molecular formula is C7H17NO2. The van der Waals surface area contributed by atoms with Gasteiger partial charge in [0.05, 0.1) is 0 Å². The van der Waals surface area contributed by atoms with Crippen molar-refractivity contribution >= 4 is 0 Å². The maximum Gasteiger partial charge on any atom is 0.153 e. The van der Waals surface area contributed by atoms with Crippen LogP contribution in [0.15, 0.2) is 0 Å². The Hall–Kier alpha value is -0.120. The SMILES string of the molecule is CC(C)NC(C)OC(C)O. The molecule has 2 N–H and O–H groups in total. The Balaban J connectivity index is 3.34. The normalized spacial score (nSPS) is 17.4. The van der Waals surface area contributed by atoms with Crippen molar-refractivity contribution in [3.05, 3.63) is 0 Å². The Morgan fingerprint density at radius 2 is 1.70 bits per heavy atom. The van der Waals surface area contributed by atoms with Gasteiger partial charge in [0.15, 0.2) is 6.29 Å². The highest BCUT2D eigenvalue weighted by Gasteiger charge is 2.05. The van der Waals surface area contributed by atoms with E-state index < -0.39 is 6.29 Å². The molecule has 0 aromatic rings. The Bertz CT molecular complexity index is 73.7. The molecule has 0 aliphatic carbocycles. The summed E-state index contributed by atoms with van der Waals surface area (Å²) in [6.07, 6.45) is -0.777. The fraction of sp³-hybridized carbons (Fsp3) is 1.00. The van der Waals surface area contributed by atoms with Crippen LogP contribution in [0.4, 0.5) is 0 Å². The van der Waals surface area contributed by atoms with Crippen LogP contribution in [0, 0.1) is 0 Å². The molecule has 2 unspecified atom stereocenters. The van der Waals surface area contributed by atoms with E-state index in [0.29, 0.717) is 6.04 Å². The average molecular weight is 147 g/mol. The lowest BCUT2D eigenvalue weighted by Crippen LogP contribution is -2.36. The van der Waals surface area contributed by atoms with Crippen molar-refractivity contribution < 1.29 is 9.84 Å². The van der Waals surface area contributed by atoms with E-state index in [2.05, 4.69) is 5.32 Å². The van der Waals surface area contributed by atoms with Gasteiger partial charge in [-0.3, -0.25) is 5.32 Å². The largest absolute Gasteiger partial charge is 0.368 e. The van der Waals surface area contributed by atoms with Crippen molar-refractivity contribution in [3.8, 4) is 0 Å².